The number of nitrogens with zero attached hydrogens (tertiary/aromatic N) is 2. The Morgan fingerprint density at radius 2 is 1.86 bits per heavy atom. The van der Waals surface area contributed by atoms with Gasteiger partial charge in [-0.25, -0.2) is 10.4 Å². The Balaban J connectivity index is 2.64. The van der Waals surface area contributed by atoms with E-state index < -0.39 is 0 Å². The summed E-state index contributed by atoms with van der Waals surface area (Å²) < 4.78 is 0. The largest absolute Gasteiger partial charge is 0.245 e. The molecule has 78 valence electrons. The summed E-state index contributed by atoms with van der Waals surface area (Å²) in [7, 11) is 5.97. The van der Waals surface area contributed by atoms with Crippen LogP contribution in [0.1, 0.15) is 11.1 Å². The molecule has 0 unspecified atom stereocenters. The number of aryl methyl sites for hydroxylation is 1. The van der Waals surface area contributed by atoms with Crippen LogP contribution in [-0.4, -0.2) is 31.3 Å². The molecule has 0 heterocycles. The Kier molecular flexibility index (Phi) is 4.07. The summed E-state index contributed by atoms with van der Waals surface area (Å²) in [6.45, 7) is 3.06. The molecule has 1 rings (SSSR count). The van der Waals surface area contributed by atoms with Crippen LogP contribution in [0.4, 0.5) is 0 Å². The smallest absolute Gasteiger partial charge is 0.0396 e. The van der Waals surface area contributed by atoms with Gasteiger partial charge >= 0.3 is 0 Å². The van der Waals surface area contributed by atoms with Gasteiger partial charge in [0.2, 0.25) is 0 Å². The van der Waals surface area contributed by atoms with E-state index in [1.54, 1.807) is 0 Å². The molecule has 0 amide bonds. The van der Waals surface area contributed by atoms with Gasteiger partial charge in [0.15, 0.2) is 0 Å². The molecule has 0 saturated heterocycles. The molecule has 3 heteroatoms. The standard InChI is InChI=1S/C11H19N3/c1-10-7-5-6-8-11(10)9-13(3)14(4)12-2/h5-8,12H,9H2,1-4H3. The first-order valence-corrected chi connectivity index (χ1v) is 4.82. The van der Waals surface area contributed by atoms with Gasteiger partial charge in [0.1, 0.15) is 0 Å². The zero-order chi connectivity index (χ0) is 10.6. The molecule has 3 nitrogen and oxygen atoms in total. The highest BCUT2D eigenvalue weighted by molar-refractivity contribution is 5.25. The molecule has 0 radical (unpaired) electrons. The van der Waals surface area contributed by atoms with Crippen LogP contribution in [0.25, 0.3) is 0 Å². The minimum atomic E-state index is 0.921. The topological polar surface area (TPSA) is 18.5 Å². The Morgan fingerprint density at radius 1 is 1.21 bits per heavy atom. The highest BCUT2D eigenvalue weighted by atomic mass is 15.8. The minimum Gasteiger partial charge on any atom is -0.245 e. The third-order valence-electron chi connectivity index (χ3n) is 2.50. The van der Waals surface area contributed by atoms with Crippen molar-refractivity contribution in [3.05, 3.63) is 35.4 Å². The van der Waals surface area contributed by atoms with E-state index >= 15 is 0 Å². The maximum Gasteiger partial charge on any atom is 0.0396 e. The summed E-state index contributed by atoms with van der Waals surface area (Å²) >= 11 is 0. The molecule has 14 heavy (non-hydrogen) atoms. The lowest BCUT2D eigenvalue weighted by Gasteiger charge is -2.27. The predicted molar refractivity (Wildman–Crippen MR) is 59.5 cm³/mol. The van der Waals surface area contributed by atoms with Gasteiger partial charge in [-0.3, -0.25) is 0 Å². The van der Waals surface area contributed by atoms with Crippen molar-refractivity contribution in [2.75, 3.05) is 21.1 Å². The normalized spacial score (nSPS) is 11.3. The number of benzene rings is 1. The first-order valence-electron chi connectivity index (χ1n) is 4.82. The molecule has 0 aliphatic heterocycles. The predicted octanol–water partition coefficient (Wildman–Crippen LogP) is 1.41. The Morgan fingerprint density at radius 3 is 2.43 bits per heavy atom. The molecule has 0 spiro atoms. The summed E-state index contributed by atoms with van der Waals surface area (Å²) in [6.07, 6.45) is 0. The van der Waals surface area contributed by atoms with Crippen molar-refractivity contribution in [2.45, 2.75) is 13.5 Å². The summed E-state index contributed by atoms with van der Waals surface area (Å²) in [5.41, 5.74) is 5.76. The molecule has 1 aromatic rings. The number of nitrogens with one attached hydrogen (secondary N) is 1. The molecular weight excluding hydrogens is 174 g/mol. The molecule has 0 aliphatic carbocycles. The average molecular weight is 193 g/mol. The zero-order valence-electron chi connectivity index (χ0n) is 9.41. The zero-order valence-corrected chi connectivity index (χ0v) is 9.41. The van der Waals surface area contributed by atoms with Crippen LogP contribution in [0.15, 0.2) is 24.3 Å². The van der Waals surface area contributed by atoms with Gasteiger partial charge in [-0.05, 0) is 18.1 Å². The van der Waals surface area contributed by atoms with Gasteiger partial charge in [-0.15, -0.1) is 0 Å². The number of rotatable bonds is 4. The van der Waals surface area contributed by atoms with Crippen LogP contribution < -0.4 is 5.43 Å². The Hall–Kier alpha value is -0.900. The maximum atomic E-state index is 3.06. The van der Waals surface area contributed by atoms with Crippen molar-refractivity contribution < 1.29 is 0 Å². The Bertz CT molecular complexity index is 286. The fraction of sp³-hybridized carbons (Fsp3) is 0.455. The van der Waals surface area contributed by atoms with Gasteiger partial charge in [0, 0.05) is 27.7 Å². The highest BCUT2D eigenvalue weighted by Gasteiger charge is 2.05. The summed E-state index contributed by atoms with van der Waals surface area (Å²) in [5.74, 6) is 0. The molecule has 0 bridgehead atoms. The van der Waals surface area contributed by atoms with Gasteiger partial charge in [0.25, 0.3) is 0 Å². The van der Waals surface area contributed by atoms with Crippen LogP contribution >= 0.6 is 0 Å². The molecule has 1 aromatic carbocycles. The first-order chi connectivity index (χ1) is 6.65. The van der Waals surface area contributed by atoms with E-state index in [0.29, 0.717) is 0 Å². The van der Waals surface area contributed by atoms with Crippen molar-refractivity contribution in [1.29, 1.82) is 0 Å². The van der Waals surface area contributed by atoms with Crippen LogP contribution in [0.5, 0.6) is 0 Å². The van der Waals surface area contributed by atoms with Gasteiger partial charge < -0.3 is 0 Å². The van der Waals surface area contributed by atoms with Gasteiger partial charge in [0.05, 0.1) is 0 Å². The molecule has 0 atom stereocenters. The second-order valence-corrected chi connectivity index (χ2v) is 3.49. The maximum absolute atomic E-state index is 3.06. The third kappa shape index (κ3) is 2.80. The van der Waals surface area contributed by atoms with E-state index in [-0.39, 0.29) is 0 Å². The second-order valence-electron chi connectivity index (χ2n) is 3.49. The molecule has 0 aliphatic rings. The second kappa shape index (κ2) is 5.10. The fourth-order valence-corrected chi connectivity index (χ4v) is 1.31. The lowest BCUT2D eigenvalue weighted by Crippen LogP contribution is -2.43. The van der Waals surface area contributed by atoms with E-state index in [0.717, 1.165) is 6.54 Å². The lowest BCUT2D eigenvalue weighted by molar-refractivity contribution is -0.0220. The van der Waals surface area contributed by atoms with E-state index in [2.05, 4.69) is 48.7 Å². The molecular formula is C11H19N3. The van der Waals surface area contributed by atoms with E-state index in [1.165, 1.54) is 11.1 Å². The average Bonchev–Trinajstić information content (AvgIpc) is 2.20. The van der Waals surface area contributed by atoms with Gasteiger partial charge in [-0.1, -0.05) is 24.3 Å². The SMILES string of the molecule is CNN(C)N(C)Cc1ccccc1C. The van der Waals surface area contributed by atoms with Crippen molar-refractivity contribution in [2.24, 2.45) is 0 Å². The van der Waals surface area contributed by atoms with Crippen molar-refractivity contribution >= 4 is 0 Å². The van der Waals surface area contributed by atoms with Crippen LogP contribution in [0, 0.1) is 6.92 Å². The Labute approximate surface area is 86.3 Å². The fourth-order valence-electron chi connectivity index (χ4n) is 1.31. The van der Waals surface area contributed by atoms with Crippen LogP contribution in [-0.2, 0) is 6.54 Å². The quantitative estimate of drug-likeness (QED) is 0.729. The first kappa shape index (κ1) is 11.2. The van der Waals surface area contributed by atoms with E-state index in [1.807, 2.05) is 19.2 Å². The van der Waals surface area contributed by atoms with Crippen molar-refractivity contribution in [3.8, 4) is 0 Å². The van der Waals surface area contributed by atoms with Crippen molar-refractivity contribution in [3.63, 3.8) is 0 Å². The molecule has 0 fully saturated rings. The van der Waals surface area contributed by atoms with E-state index in [9.17, 15) is 0 Å². The van der Waals surface area contributed by atoms with Crippen LogP contribution in [0.3, 0.4) is 0 Å². The number of hydrazine groups is 2. The van der Waals surface area contributed by atoms with Gasteiger partial charge in [-0.2, -0.15) is 5.12 Å². The van der Waals surface area contributed by atoms with Crippen LogP contribution in [0.2, 0.25) is 0 Å². The number of hydrogen-bond acceptors (Lipinski definition) is 3. The van der Waals surface area contributed by atoms with E-state index in [4.69, 9.17) is 0 Å². The molecule has 1 N–H and O–H groups in total. The summed E-state index contributed by atoms with van der Waals surface area (Å²) in [5, 5.41) is 4.09. The molecule has 0 saturated carbocycles. The molecule has 0 aromatic heterocycles. The lowest BCUT2D eigenvalue weighted by atomic mass is 10.1. The minimum absolute atomic E-state index is 0.921. The summed E-state index contributed by atoms with van der Waals surface area (Å²) in [4.78, 5) is 0. The number of hydrogen-bond donors (Lipinski definition) is 1. The monoisotopic (exact) mass is 193 g/mol. The highest BCUT2D eigenvalue weighted by Crippen LogP contribution is 2.09. The van der Waals surface area contributed by atoms with Crippen molar-refractivity contribution in [1.82, 2.24) is 15.6 Å². The third-order valence-corrected chi connectivity index (χ3v) is 2.50. The summed E-state index contributed by atoms with van der Waals surface area (Å²) in [6, 6.07) is 8.45.